The van der Waals surface area contributed by atoms with Crippen molar-refractivity contribution in [3.8, 4) is 0 Å². The molecule has 5 heteroatoms. The van der Waals surface area contributed by atoms with Crippen molar-refractivity contribution in [1.82, 2.24) is 0 Å². The molecule has 2 rings (SSSR count). The fourth-order valence-electron chi connectivity index (χ4n) is 1.81. The molecule has 0 aliphatic carbocycles. The first kappa shape index (κ1) is 15.1. The minimum atomic E-state index is -0.323. The Kier molecular flexibility index (Phi) is 5.20. The van der Waals surface area contributed by atoms with Crippen molar-refractivity contribution >= 4 is 43.5 Å². The summed E-state index contributed by atoms with van der Waals surface area (Å²) in [6, 6.07) is 13.3. The molecule has 0 radical (unpaired) electrons. The average Bonchev–Trinajstić information content (AvgIpc) is 2.47. The molecule has 20 heavy (non-hydrogen) atoms. The molecule has 0 unspecified atom stereocenters. The molecule has 3 nitrogen and oxygen atoms in total. The van der Waals surface area contributed by atoms with Crippen LogP contribution in [0.2, 0.25) is 0 Å². The zero-order valence-corrected chi connectivity index (χ0v) is 14.0. The molecule has 2 aromatic carbocycles. The van der Waals surface area contributed by atoms with Crippen LogP contribution in [-0.2, 0) is 11.3 Å². The molecule has 0 spiro atoms. The van der Waals surface area contributed by atoms with E-state index >= 15 is 0 Å². The van der Waals surface area contributed by atoms with Crippen LogP contribution < -0.4 is 5.32 Å². The van der Waals surface area contributed by atoms with Crippen LogP contribution in [0.3, 0.4) is 0 Å². The predicted molar refractivity (Wildman–Crippen MR) is 87.0 cm³/mol. The third kappa shape index (κ3) is 3.61. The molecule has 0 amide bonds. The van der Waals surface area contributed by atoms with Gasteiger partial charge in [0, 0.05) is 21.2 Å². The van der Waals surface area contributed by atoms with E-state index in [9.17, 15) is 4.79 Å². The van der Waals surface area contributed by atoms with Crippen molar-refractivity contribution in [3.05, 3.63) is 62.5 Å². The Morgan fingerprint density at radius 1 is 1.20 bits per heavy atom. The smallest absolute Gasteiger partial charge is 0.338 e. The van der Waals surface area contributed by atoms with Gasteiger partial charge in [-0.1, -0.05) is 34.1 Å². The highest BCUT2D eigenvalue weighted by Crippen LogP contribution is 2.26. The summed E-state index contributed by atoms with van der Waals surface area (Å²) in [5.41, 5.74) is 2.43. The van der Waals surface area contributed by atoms with E-state index in [2.05, 4.69) is 37.2 Å². The number of benzene rings is 2. The van der Waals surface area contributed by atoms with Crippen LogP contribution in [-0.4, -0.2) is 13.1 Å². The van der Waals surface area contributed by atoms with Crippen LogP contribution in [0.5, 0.6) is 0 Å². The lowest BCUT2D eigenvalue weighted by Gasteiger charge is -2.11. The van der Waals surface area contributed by atoms with Crippen molar-refractivity contribution in [2.45, 2.75) is 6.54 Å². The van der Waals surface area contributed by atoms with E-state index in [4.69, 9.17) is 4.74 Å². The highest BCUT2D eigenvalue weighted by atomic mass is 79.9. The Balaban J connectivity index is 2.19. The summed E-state index contributed by atoms with van der Waals surface area (Å²) in [7, 11) is 1.39. The lowest BCUT2D eigenvalue weighted by Crippen LogP contribution is -2.09. The first-order chi connectivity index (χ1) is 9.61. The van der Waals surface area contributed by atoms with E-state index < -0.39 is 0 Å². The van der Waals surface area contributed by atoms with Crippen molar-refractivity contribution in [1.29, 1.82) is 0 Å². The van der Waals surface area contributed by atoms with Gasteiger partial charge in [-0.25, -0.2) is 4.79 Å². The fraction of sp³-hybridized carbons (Fsp3) is 0.133. The van der Waals surface area contributed by atoms with E-state index in [0.29, 0.717) is 12.1 Å². The van der Waals surface area contributed by atoms with Gasteiger partial charge in [-0.05, 0) is 45.8 Å². The maximum atomic E-state index is 11.7. The number of nitrogens with one attached hydrogen (secondary N) is 1. The number of methoxy groups -OCH3 is 1. The third-order valence-corrected chi connectivity index (χ3v) is 4.01. The topological polar surface area (TPSA) is 38.3 Å². The van der Waals surface area contributed by atoms with E-state index in [0.717, 1.165) is 20.2 Å². The second kappa shape index (κ2) is 6.90. The highest BCUT2D eigenvalue weighted by molar-refractivity contribution is 9.11. The van der Waals surface area contributed by atoms with Gasteiger partial charge in [0.1, 0.15) is 0 Å². The van der Waals surface area contributed by atoms with Crippen molar-refractivity contribution in [2.24, 2.45) is 0 Å². The van der Waals surface area contributed by atoms with Crippen LogP contribution in [0.1, 0.15) is 15.9 Å². The SMILES string of the molecule is COC(=O)c1ccccc1CNc1cc(Br)ccc1Br. The first-order valence-corrected chi connectivity index (χ1v) is 7.55. The lowest BCUT2D eigenvalue weighted by molar-refractivity contribution is 0.0599. The molecule has 0 aromatic heterocycles. The van der Waals surface area contributed by atoms with Crippen LogP contribution in [0.15, 0.2) is 51.4 Å². The standard InChI is InChI=1S/C15H13Br2NO2/c1-20-15(19)12-5-3-2-4-10(12)9-18-14-8-11(16)6-7-13(14)17/h2-8,18H,9H2,1H3. The van der Waals surface area contributed by atoms with E-state index in [1.165, 1.54) is 7.11 Å². The third-order valence-electron chi connectivity index (χ3n) is 2.82. The number of hydrogen-bond acceptors (Lipinski definition) is 3. The zero-order valence-electron chi connectivity index (χ0n) is 10.8. The molecular weight excluding hydrogens is 386 g/mol. The van der Waals surface area contributed by atoms with Gasteiger partial charge >= 0.3 is 5.97 Å². The molecule has 0 bridgehead atoms. The predicted octanol–water partition coefficient (Wildman–Crippen LogP) is 4.61. The van der Waals surface area contributed by atoms with Crippen LogP contribution in [0, 0.1) is 0 Å². The molecule has 104 valence electrons. The molecule has 0 atom stereocenters. The van der Waals surface area contributed by atoms with Gasteiger partial charge in [0.2, 0.25) is 0 Å². The Morgan fingerprint density at radius 3 is 2.70 bits per heavy atom. The molecule has 0 heterocycles. The normalized spacial score (nSPS) is 10.2. The molecule has 0 aliphatic rings. The molecule has 0 saturated heterocycles. The van der Waals surface area contributed by atoms with Gasteiger partial charge in [0.05, 0.1) is 12.7 Å². The highest BCUT2D eigenvalue weighted by Gasteiger charge is 2.11. The minimum absolute atomic E-state index is 0.323. The summed E-state index contributed by atoms with van der Waals surface area (Å²) in [6.45, 7) is 0.542. The Bertz CT molecular complexity index is 629. The minimum Gasteiger partial charge on any atom is -0.465 e. The Hall–Kier alpha value is -1.33. The largest absolute Gasteiger partial charge is 0.465 e. The number of carbonyl (C=O) groups excluding carboxylic acids is 1. The molecule has 1 N–H and O–H groups in total. The number of esters is 1. The number of anilines is 1. The number of carbonyl (C=O) groups is 1. The molecule has 0 fully saturated rings. The van der Waals surface area contributed by atoms with Gasteiger partial charge < -0.3 is 10.1 Å². The summed E-state index contributed by atoms with van der Waals surface area (Å²) in [4.78, 5) is 11.7. The Morgan fingerprint density at radius 2 is 1.95 bits per heavy atom. The van der Waals surface area contributed by atoms with E-state index in [1.807, 2.05) is 36.4 Å². The fourth-order valence-corrected chi connectivity index (χ4v) is 2.55. The first-order valence-electron chi connectivity index (χ1n) is 5.97. The summed E-state index contributed by atoms with van der Waals surface area (Å²) < 4.78 is 6.75. The molecule has 0 aliphatic heterocycles. The second-order valence-corrected chi connectivity index (χ2v) is 5.90. The van der Waals surface area contributed by atoms with Gasteiger partial charge in [0.25, 0.3) is 0 Å². The van der Waals surface area contributed by atoms with Crippen molar-refractivity contribution in [3.63, 3.8) is 0 Å². The van der Waals surface area contributed by atoms with Gasteiger partial charge in [-0.2, -0.15) is 0 Å². The quantitative estimate of drug-likeness (QED) is 0.764. The van der Waals surface area contributed by atoms with E-state index in [-0.39, 0.29) is 5.97 Å². The lowest BCUT2D eigenvalue weighted by atomic mass is 10.1. The van der Waals surface area contributed by atoms with Gasteiger partial charge in [-0.3, -0.25) is 0 Å². The summed E-state index contributed by atoms with van der Waals surface area (Å²) in [6.07, 6.45) is 0. The Labute approximate surface area is 134 Å². The van der Waals surface area contributed by atoms with Gasteiger partial charge in [0.15, 0.2) is 0 Å². The number of halogens is 2. The molecule has 2 aromatic rings. The number of ether oxygens (including phenoxy) is 1. The second-order valence-electron chi connectivity index (χ2n) is 4.13. The molecular formula is C15H13Br2NO2. The van der Waals surface area contributed by atoms with Crippen LogP contribution in [0.25, 0.3) is 0 Å². The van der Waals surface area contributed by atoms with E-state index in [1.54, 1.807) is 6.07 Å². The summed E-state index contributed by atoms with van der Waals surface area (Å²) in [5, 5.41) is 3.30. The van der Waals surface area contributed by atoms with Crippen LogP contribution in [0.4, 0.5) is 5.69 Å². The van der Waals surface area contributed by atoms with Gasteiger partial charge in [-0.15, -0.1) is 0 Å². The maximum absolute atomic E-state index is 11.7. The van der Waals surface area contributed by atoms with Crippen molar-refractivity contribution in [2.75, 3.05) is 12.4 Å². The number of hydrogen-bond donors (Lipinski definition) is 1. The van der Waals surface area contributed by atoms with Crippen LogP contribution >= 0.6 is 31.9 Å². The average molecular weight is 399 g/mol. The summed E-state index contributed by atoms with van der Waals surface area (Å²) in [5.74, 6) is -0.323. The molecule has 0 saturated carbocycles. The monoisotopic (exact) mass is 397 g/mol. The zero-order chi connectivity index (χ0) is 14.5. The van der Waals surface area contributed by atoms with Crippen molar-refractivity contribution < 1.29 is 9.53 Å². The number of rotatable bonds is 4. The summed E-state index contributed by atoms with van der Waals surface area (Å²) >= 11 is 6.93. The maximum Gasteiger partial charge on any atom is 0.338 e.